The monoisotopic (exact) mass is 342 g/mol. The van der Waals surface area contributed by atoms with Crippen molar-refractivity contribution in [3.8, 4) is 0 Å². The van der Waals surface area contributed by atoms with Crippen LogP contribution in [-0.2, 0) is 17.8 Å². The topological polar surface area (TPSA) is 82.1 Å². The van der Waals surface area contributed by atoms with Crippen molar-refractivity contribution in [2.75, 3.05) is 13.1 Å². The zero-order chi connectivity index (χ0) is 18.0. The number of hydrogen-bond acceptors (Lipinski definition) is 4. The number of carboxylic acids is 1. The Morgan fingerprint density at radius 2 is 1.96 bits per heavy atom. The summed E-state index contributed by atoms with van der Waals surface area (Å²) >= 11 is 0. The van der Waals surface area contributed by atoms with Gasteiger partial charge in [-0.1, -0.05) is 12.1 Å². The second kappa shape index (κ2) is 6.96. The molecule has 0 bridgehead atoms. The summed E-state index contributed by atoms with van der Waals surface area (Å²) in [6, 6.07) is 4.37. The van der Waals surface area contributed by atoms with Crippen LogP contribution in [0.1, 0.15) is 40.8 Å². The molecule has 1 aliphatic rings. The van der Waals surface area contributed by atoms with E-state index in [2.05, 4.69) is 53.2 Å². The number of aromatic nitrogens is 3. The number of nitrogens with zero attached hydrogens (tertiary/aromatic N) is 3. The Kier molecular flexibility index (Phi) is 4.90. The van der Waals surface area contributed by atoms with E-state index in [4.69, 9.17) is 0 Å². The maximum atomic E-state index is 11.9. The number of nitrogens with one attached hydrogen (secondary N) is 1. The van der Waals surface area contributed by atoms with Crippen LogP contribution in [0.2, 0.25) is 0 Å². The van der Waals surface area contributed by atoms with E-state index in [1.54, 1.807) is 6.20 Å². The molecule has 0 unspecified atom stereocenters. The summed E-state index contributed by atoms with van der Waals surface area (Å²) in [4.78, 5) is 14.3. The Hall–Kier alpha value is -2.21. The van der Waals surface area contributed by atoms with E-state index < -0.39 is 11.4 Å². The number of aliphatic carboxylic acids is 1. The highest BCUT2D eigenvalue weighted by Crippen LogP contribution is 2.35. The molecule has 0 saturated carbocycles. The predicted molar refractivity (Wildman–Crippen MR) is 95.3 cm³/mol. The number of hydrogen-bond donors (Lipinski definition) is 2. The van der Waals surface area contributed by atoms with Crippen LogP contribution in [0.4, 0.5) is 0 Å². The van der Waals surface area contributed by atoms with Gasteiger partial charge in [-0.25, -0.2) is 0 Å². The number of rotatable bonds is 5. The van der Waals surface area contributed by atoms with Crippen LogP contribution >= 0.6 is 0 Å². The standard InChI is InChI=1S/C19H26N4O2/c1-13-4-5-16(15(3)14(13)2)12-23-8-6-19(7-9-23,18(24)25)10-17-11-20-22-21-17/h4-5,11H,6-10,12H2,1-3H3,(H,24,25)(H,20,21,22). The van der Waals surface area contributed by atoms with Gasteiger partial charge in [0.15, 0.2) is 0 Å². The lowest BCUT2D eigenvalue weighted by molar-refractivity contribution is -0.152. The van der Waals surface area contributed by atoms with Gasteiger partial charge in [0.05, 0.1) is 17.3 Å². The largest absolute Gasteiger partial charge is 0.481 e. The van der Waals surface area contributed by atoms with E-state index >= 15 is 0 Å². The van der Waals surface area contributed by atoms with Gasteiger partial charge >= 0.3 is 5.97 Å². The van der Waals surface area contributed by atoms with Gasteiger partial charge in [-0.15, -0.1) is 0 Å². The molecular formula is C19H26N4O2. The fourth-order valence-corrected chi connectivity index (χ4v) is 3.69. The van der Waals surface area contributed by atoms with Crippen LogP contribution in [-0.4, -0.2) is 44.5 Å². The van der Waals surface area contributed by atoms with Crippen molar-refractivity contribution in [2.24, 2.45) is 5.41 Å². The van der Waals surface area contributed by atoms with E-state index in [-0.39, 0.29) is 0 Å². The molecule has 0 aliphatic carbocycles. The van der Waals surface area contributed by atoms with Crippen molar-refractivity contribution in [3.05, 3.63) is 46.3 Å². The fourth-order valence-electron chi connectivity index (χ4n) is 3.69. The molecule has 0 atom stereocenters. The summed E-state index contributed by atoms with van der Waals surface area (Å²) < 4.78 is 0. The molecule has 134 valence electrons. The number of aromatic amines is 1. The first-order valence-electron chi connectivity index (χ1n) is 8.77. The molecule has 1 aromatic heterocycles. The first-order chi connectivity index (χ1) is 11.9. The van der Waals surface area contributed by atoms with Crippen molar-refractivity contribution in [3.63, 3.8) is 0 Å². The number of benzene rings is 1. The maximum Gasteiger partial charge on any atom is 0.310 e. The highest BCUT2D eigenvalue weighted by molar-refractivity contribution is 5.75. The number of piperidine rings is 1. The molecule has 1 aliphatic heterocycles. The number of carboxylic acid groups (broad SMARTS) is 1. The molecular weight excluding hydrogens is 316 g/mol. The van der Waals surface area contributed by atoms with E-state index in [1.807, 2.05) is 0 Å². The summed E-state index contributed by atoms with van der Waals surface area (Å²) in [5.74, 6) is -0.725. The number of H-pyrrole nitrogens is 1. The van der Waals surface area contributed by atoms with Crippen LogP contribution in [0.5, 0.6) is 0 Å². The van der Waals surface area contributed by atoms with Crippen LogP contribution in [0, 0.1) is 26.2 Å². The van der Waals surface area contributed by atoms with Crippen molar-refractivity contribution in [1.29, 1.82) is 0 Å². The van der Waals surface area contributed by atoms with Crippen LogP contribution < -0.4 is 0 Å². The third-order valence-electron chi connectivity index (χ3n) is 5.82. The van der Waals surface area contributed by atoms with E-state index in [0.29, 0.717) is 19.3 Å². The zero-order valence-corrected chi connectivity index (χ0v) is 15.2. The second-order valence-corrected chi connectivity index (χ2v) is 7.29. The Morgan fingerprint density at radius 1 is 1.24 bits per heavy atom. The minimum atomic E-state index is -0.731. The summed E-state index contributed by atoms with van der Waals surface area (Å²) in [7, 11) is 0. The summed E-state index contributed by atoms with van der Waals surface area (Å²) in [6.45, 7) is 8.93. The van der Waals surface area contributed by atoms with Crippen LogP contribution in [0.15, 0.2) is 18.3 Å². The van der Waals surface area contributed by atoms with Gasteiger partial charge in [-0.3, -0.25) is 9.69 Å². The average molecular weight is 342 g/mol. The molecule has 1 saturated heterocycles. The van der Waals surface area contributed by atoms with Crippen molar-refractivity contribution in [1.82, 2.24) is 20.3 Å². The highest BCUT2D eigenvalue weighted by atomic mass is 16.4. The number of aryl methyl sites for hydroxylation is 1. The average Bonchev–Trinajstić information content (AvgIpc) is 3.10. The quantitative estimate of drug-likeness (QED) is 0.873. The van der Waals surface area contributed by atoms with Crippen LogP contribution in [0.3, 0.4) is 0 Å². The Labute approximate surface area is 148 Å². The van der Waals surface area contributed by atoms with Gasteiger partial charge < -0.3 is 5.11 Å². The molecule has 0 radical (unpaired) electrons. The zero-order valence-electron chi connectivity index (χ0n) is 15.2. The lowest BCUT2D eigenvalue weighted by Gasteiger charge is -2.38. The van der Waals surface area contributed by atoms with Gasteiger partial charge in [0.2, 0.25) is 0 Å². The van der Waals surface area contributed by atoms with E-state index in [1.165, 1.54) is 22.3 Å². The Balaban J connectivity index is 1.68. The molecule has 0 amide bonds. The molecule has 25 heavy (non-hydrogen) atoms. The summed E-state index contributed by atoms with van der Waals surface area (Å²) in [5.41, 5.74) is 5.34. The third-order valence-corrected chi connectivity index (χ3v) is 5.82. The van der Waals surface area contributed by atoms with Crippen LogP contribution in [0.25, 0.3) is 0 Å². The van der Waals surface area contributed by atoms with Gasteiger partial charge in [0.25, 0.3) is 0 Å². The van der Waals surface area contributed by atoms with Gasteiger partial charge in [0, 0.05) is 13.0 Å². The molecule has 2 N–H and O–H groups in total. The first kappa shape index (κ1) is 17.6. The molecule has 6 heteroatoms. The summed E-state index contributed by atoms with van der Waals surface area (Å²) in [5, 5.41) is 20.2. The lowest BCUT2D eigenvalue weighted by Crippen LogP contribution is -2.45. The minimum absolute atomic E-state index is 0.440. The lowest BCUT2D eigenvalue weighted by atomic mass is 9.75. The third kappa shape index (κ3) is 3.58. The Bertz CT molecular complexity index is 747. The molecule has 2 heterocycles. The van der Waals surface area contributed by atoms with Gasteiger partial charge in [0.1, 0.15) is 0 Å². The number of carbonyl (C=O) groups is 1. The fraction of sp³-hybridized carbons (Fsp3) is 0.526. The number of likely N-dealkylation sites (tertiary alicyclic amines) is 1. The minimum Gasteiger partial charge on any atom is -0.481 e. The van der Waals surface area contributed by atoms with E-state index in [0.717, 1.165) is 25.3 Å². The molecule has 2 aromatic rings. The predicted octanol–water partition coefficient (Wildman–Crippen LogP) is 2.64. The van der Waals surface area contributed by atoms with Crippen molar-refractivity contribution < 1.29 is 9.90 Å². The Morgan fingerprint density at radius 3 is 2.56 bits per heavy atom. The molecule has 1 fully saturated rings. The SMILES string of the molecule is Cc1ccc(CN2CCC(Cc3cn[nH]n3)(C(=O)O)CC2)c(C)c1C. The maximum absolute atomic E-state index is 11.9. The first-order valence-corrected chi connectivity index (χ1v) is 8.77. The second-order valence-electron chi connectivity index (χ2n) is 7.29. The van der Waals surface area contributed by atoms with Gasteiger partial charge in [-0.05, 0) is 69.0 Å². The smallest absolute Gasteiger partial charge is 0.310 e. The highest BCUT2D eigenvalue weighted by Gasteiger charge is 2.42. The molecule has 0 spiro atoms. The van der Waals surface area contributed by atoms with Crippen molar-refractivity contribution >= 4 is 5.97 Å². The molecule has 3 rings (SSSR count). The van der Waals surface area contributed by atoms with Gasteiger partial charge in [-0.2, -0.15) is 15.4 Å². The van der Waals surface area contributed by atoms with Crippen molar-refractivity contribution in [2.45, 2.75) is 46.6 Å². The van der Waals surface area contributed by atoms with E-state index in [9.17, 15) is 9.90 Å². The molecule has 6 nitrogen and oxygen atoms in total. The summed E-state index contributed by atoms with van der Waals surface area (Å²) in [6.07, 6.45) is 3.34. The normalized spacial score (nSPS) is 17.6. The molecule has 1 aromatic carbocycles.